The van der Waals surface area contributed by atoms with Gasteiger partial charge in [-0.15, -0.1) is 11.3 Å². The number of rotatable bonds is 5. The van der Waals surface area contributed by atoms with Crippen LogP contribution in [0.1, 0.15) is 35.9 Å². The van der Waals surface area contributed by atoms with Crippen LogP contribution in [0.2, 0.25) is 0 Å². The van der Waals surface area contributed by atoms with E-state index < -0.39 is 0 Å². The molecule has 0 aromatic carbocycles. The minimum absolute atomic E-state index is 0.0151. The predicted molar refractivity (Wildman–Crippen MR) is 77.6 cm³/mol. The van der Waals surface area contributed by atoms with Crippen LogP contribution in [0.3, 0.4) is 0 Å². The van der Waals surface area contributed by atoms with Crippen molar-refractivity contribution in [2.75, 3.05) is 13.2 Å². The molecular formula is C14H20N2O3S. The summed E-state index contributed by atoms with van der Waals surface area (Å²) in [6, 6.07) is 3.50. The zero-order valence-electron chi connectivity index (χ0n) is 11.5. The van der Waals surface area contributed by atoms with Gasteiger partial charge < -0.3 is 15.7 Å². The van der Waals surface area contributed by atoms with Gasteiger partial charge in [0.15, 0.2) is 0 Å². The largest absolute Gasteiger partial charge is 0.396 e. The summed E-state index contributed by atoms with van der Waals surface area (Å²) in [6.07, 6.45) is 2.79. The molecule has 1 aliphatic rings. The van der Waals surface area contributed by atoms with Gasteiger partial charge in [0.25, 0.3) is 5.91 Å². The predicted octanol–water partition coefficient (Wildman–Crippen LogP) is 1.15. The number of amides is 2. The van der Waals surface area contributed by atoms with Gasteiger partial charge in [-0.1, -0.05) is 19.4 Å². The molecule has 2 amide bonds. The van der Waals surface area contributed by atoms with Crippen molar-refractivity contribution in [1.82, 2.24) is 10.6 Å². The molecule has 1 heterocycles. The van der Waals surface area contributed by atoms with Gasteiger partial charge in [0, 0.05) is 11.5 Å². The quantitative estimate of drug-likeness (QED) is 0.762. The highest BCUT2D eigenvalue weighted by molar-refractivity contribution is 7.12. The van der Waals surface area contributed by atoms with Crippen molar-refractivity contribution in [3.63, 3.8) is 0 Å². The van der Waals surface area contributed by atoms with E-state index in [0.29, 0.717) is 4.88 Å². The highest BCUT2D eigenvalue weighted by Crippen LogP contribution is 2.37. The average Bonchev–Trinajstić information content (AvgIpc) is 3.07. The van der Waals surface area contributed by atoms with E-state index in [9.17, 15) is 14.7 Å². The molecule has 1 aromatic heterocycles. The second-order valence-electron chi connectivity index (χ2n) is 5.48. The third-order valence-corrected chi connectivity index (χ3v) is 4.80. The van der Waals surface area contributed by atoms with Crippen molar-refractivity contribution in [3.05, 3.63) is 22.4 Å². The summed E-state index contributed by atoms with van der Waals surface area (Å²) < 4.78 is 0. The Kier molecular flexibility index (Phi) is 4.77. The molecule has 0 radical (unpaired) electrons. The fourth-order valence-corrected chi connectivity index (χ4v) is 3.21. The maximum absolute atomic E-state index is 11.9. The molecule has 1 aromatic rings. The van der Waals surface area contributed by atoms with E-state index in [1.165, 1.54) is 11.3 Å². The molecule has 5 nitrogen and oxygen atoms in total. The third-order valence-electron chi connectivity index (χ3n) is 3.93. The minimum atomic E-state index is -0.243. The van der Waals surface area contributed by atoms with Crippen LogP contribution in [0.5, 0.6) is 0 Å². The maximum Gasteiger partial charge on any atom is 0.261 e. The minimum Gasteiger partial charge on any atom is -0.396 e. The molecule has 2 unspecified atom stereocenters. The van der Waals surface area contributed by atoms with Crippen molar-refractivity contribution in [1.29, 1.82) is 0 Å². The van der Waals surface area contributed by atoms with E-state index in [1.807, 2.05) is 12.3 Å². The normalized spacial score (nSPS) is 25.4. The first-order valence-electron chi connectivity index (χ1n) is 6.77. The summed E-state index contributed by atoms with van der Waals surface area (Å²) in [7, 11) is 0. The zero-order chi connectivity index (χ0) is 14.6. The summed E-state index contributed by atoms with van der Waals surface area (Å²) >= 11 is 1.34. The Labute approximate surface area is 122 Å². The lowest BCUT2D eigenvalue weighted by molar-refractivity contribution is -0.121. The summed E-state index contributed by atoms with van der Waals surface area (Å²) in [6.45, 7) is 2.02. The number of thiophene rings is 1. The smallest absolute Gasteiger partial charge is 0.261 e. The molecule has 110 valence electrons. The summed E-state index contributed by atoms with van der Waals surface area (Å²) in [5.74, 6) is -0.437. The molecule has 2 rings (SSSR count). The Morgan fingerprint density at radius 2 is 2.35 bits per heavy atom. The molecule has 1 fully saturated rings. The van der Waals surface area contributed by atoms with Crippen molar-refractivity contribution in [2.24, 2.45) is 5.41 Å². The summed E-state index contributed by atoms with van der Waals surface area (Å²) in [5.41, 5.74) is -0.243. The fraction of sp³-hybridized carbons (Fsp3) is 0.571. The van der Waals surface area contributed by atoms with Crippen LogP contribution in [-0.2, 0) is 4.79 Å². The van der Waals surface area contributed by atoms with Crippen molar-refractivity contribution in [2.45, 2.75) is 32.2 Å². The molecule has 0 bridgehead atoms. The summed E-state index contributed by atoms with van der Waals surface area (Å²) in [5, 5.41) is 16.8. The lowest BCUT2D eigenvalue weighted by atomic mass is 9.86. The molecule has 0 spiro atoms. The molecule has 0 saturated heterocycles. The van der Waals surface area contributed by atoms with Crippen LogP contribution in [-0.4, -0.2) is 36.1 Å². The Morgan fingerprint density at radius 1 is 1.55 bits per heavy atom. The first-order valence-corrected chi connectivity index (χ1v) is 7.65. The Balaban J connectivity index is 1.80. The monoisotopic (exact) mass is 296 g/mol. The molecule has 1 aliphatic carbocycles. The van der Waals surface area contributed by atoms with Crippen LogP contribution >= 0.6 is 11.3 Å². The zero-order valence-corrected chi connectivity index (χ0v) is 12.3. The third kappa shape index (κ3) is 3.37. The van der Waals surface area contributed by atoms with Gasteiger partial charge in [0.1, 0.15) is 0 Å². The van der Waals surface area contributed by atoms with Crippen LogP contribution in [0.15, 0.2) is 17.5 Å². The number of nitrogens with one attached hydrogen (secondary N) is 2. The van der Waals surface area contributed by atoms with E-state index >= 15 is 0 Å². The van der Waals surface area contributed by atoms with E-state index in [-0.39, 0.29) is 36.4 Å². The van der Waals surface area contributed by atoms with Gasteiger partial charge in [-0.25, -0.2) is 0 Å². The number of carbonyl (C=O) groups is 2. The second kappa shape index (κ2) is 6.37. The van der Waals surface area contributed by atoms with Gasteiger partial charge >= 0.3 is 0 Å². The van der Waals surface area contributed by atoms with Gasteiger partial charge in [0.05, 0.1) is 18.0 Å². The van der Waals surface area contributed by atoms with Crippen LogP contribution < -0.4 is 10.6 Å². The van der Waals surface area contributed by atoms with Gasteiger partial charge in [0.2, 0.25) is 5.91 Å². The standard InChI is InChI=1S/C14H20N2O3S/c1-14(9-17)6-2-5-11(14)16-12(18)8-15-13(19)10-4-3-7-20-10/h3-4,7,11,17H,2,5-6,8-9H2,1H3,(H,15,19)(H,16,18). The Hall–Kier alpha value is -1.40. The first-order chi connectivity index (χ1) is 9.55. The Morgan fingerprint density at radius 3 is 3.00 bits per heavy atom. The summed E-state index contributed by atoms with van der Waals surface area (Å²) in [4.78, 5) is 24.2. The highest BCUT2D eigenvalue weighted by atomic mass is 32.1. The van der Waals surface area contributed by atoms with Crippen molar-refractivity contribution >= 4 is 23.2 Å². The SMILES string of the molecule is CC1(CO)CCCC1NC(=O)CNC(=O)c1cccs1. The number of aliphatic hydroxyl groups excluding tert-OH is 1. The second-order valence-corrected chi connectivity index (χ2v) is 6.43. The van der Waals surface area contributed by atoms with E-state index in [1.54, 1.807) is 12.1 Å². The van der Waals surface area contributed by atoms with E-state index in [2.05, 4.69) is 10.6 Å². The molecule has 20 heavy (non-hydrogen) atoms. The number of aliphatic hydroxyl groups is 1. The fourth-order valence-electron chi connectivity index (χ4n) is 2.57. The van der Waals surface area contributed by atoms with Gasteiger partial charge in [-0.2, -0.15) is 0 Å². The number of carbonyl (C=O) groups excluding carboxylic acids is 2. The van der Waals surface area contributed by atoms with Crippen molar-refractivity contribution < 1.29 is 14.7 Å². The number of hydrogen-bond donors (Lipinski definition) is 3. The molecule has 1 saturated carbocycles. The van der Waals surface area contributed by atoms with Crippen LogP contribution in [0.4, 0.5) is 0 Å². The topological polar surface area (TPSA) is 78.4 Å². The molecule has 0 aliphatic heterocycles. The number of hydrogen-bond acceptors (Lipinski definition) is 4. The first kappa shape index (κ1) is 15.0. The average molecular weight is 296 g/mol. The maximum atomic E-state index is 11.9. The molecule has 2 atom stereocenters. The van der Waals surface area contributed by atoms with E-state index in [0.717, 1.165) is 19.3 Å². The molecular weight excluding hydrogens is 276 g/mol. The Bertz CT molecular complexity index is 475. The van der Waals surface area contributed by atoms with Gasteiger partial charge in [-0.05, 0) is 24.3 Å². The van der Waals surface area contributed by atoms with Crippen LogP contribution in [0.25, 0.3) is 0 Å². The van der Waals surface area contributed by atoms with E-state index in [4.69, 9.17) is 0 Å². The van der Waals surface area contributed by atoms with Gasteiger partial charge in [-0.3, -0.25) is 9.59 Å². The molecule has 6 heteroatoms. The molecule has 3 N–H and O–H groups in total. The lowest BCUT2D eigenvalue weighted by Gasteiger charge is -2.30. The highest BCUT2D eigenvalue weighted by Gasteiger charge is 2.38. The lowest BCUT2D eigenvalue weighted by Crippen LogP contribution is -2.48. The van der Waals surface area contributed by atoms with Crippen LogP contribution in [0, 0.1) is 5.41 Å². The van der Waals surface area contributed by atoms with Crippen molar-refractivity contribution in [3.8, 4) is 0 Å².